The Kier molecular flexibility index (Phi) is 6.48. The number of rotatable bonds is 9. The maximum atomic E-state index is 12.3. The van der Waals surface area contributed by atoms with E-state index in [0.29, 0.717) is 28.4 Å². The van der Waals surface area contributed by atoms with E-state index < -0.39 is 5.92 Å². The predicted molar refractivity (Wildman–Crippen MR) is 90.2 cm³/mol. The smallest absolute Gasteiger partial charge is 0.233 e. The number of nitrogens with one attached hydrogen (secondary N) is 2. The van der Waals surface area contributed by atoms with Crippen LogP contribution in [0.1, 0.15) is 37.6 Å². The number of hydrogen-bond acceptors (Lipinski definition) is 5. The highest BCUT2D eigenvalue weighted by molar-refractivity contribution is 5.79. The molecular weight excluding hydrogens is 322 g/mol. The third-order valence-electron chi connectivity index (χ3n) is 3.90. The fourth-order valence-electron chi connectivity index (χ4n) is 2.56. The Labute approximate surface area is 145 Å². The molecule has 0 bridgehead atoms. The van der Waals surface area contributed by atoms with Crippen LogP contribution in [0.2, 0.25) is 0 Å². The highest BCUT2D eigenvalue weighted by Gasteiger charge is 2.20. The molecule has 0 saturated heterocycles. The van der Waals surface area contributed by atoms with Crippen LogP contribution in [0.4, 0.5) is 0 Å². The van der Waals surface area contributed by atoms with Crippen LogP contribution in [0.5, 0.6) is 0 Å². The first kappa shape index (κ1) is 18.4. The Morgan fingerprint density at radius 2 is 2.36 bits per heavy atom. The van der Waals surface area contributed by atoms with Crippen molar-refractivity contribution >= 4 is 23.4 Å². The molecule has 1 heterocycles. The fraction of sp³-hybridized carbons (Fsp3) is 0.412. The lowest BCUT2D eigenvalue weighted by atomic mass is 10.0. The number of aromatic amines is 1. The van der Waals surface area contributed by atoms with Crippen molar-refractivity contribution in [2.75, 3.05) is 6.54 Å². The molecule has 0 aliphatic rings. The number of imidazole rings is 1. The van der Waals surface area contributed by atoms with E-state index >= 15 is 0 Å². The van der Waals surface area contributed by atoms with Crippen LogP contribution in [-0.2, 0) is 16.1 Å². The summed E-state index contributed by atoms with van der Waals surface area (Å²) in [4.78, 5) is 30.3. The van der Waals surface area contributed by atoms with Crippen LogP contribution in [0.3, 0.4) is 0 Å². The van der Waals surface area contributed by atoms with Gasteiger partial charge in [-0.2, -0.15) is 5.26 Å². The van der Waals surface area contributed by atoms with Gasteiger partial charge >= 0.3 is 0 Å². The number of nitrogens with zero attached hydrogens (tertiary/aromatic N) is 3. The van der Waals surface area contributed by atoms with Gasteiger partial charge in [-0.15, -0.1) is 0 Å². The van der Waals surface area contributed by atoms with Gasteiger partial charge < -0.3 is 10.3 Å². The molecule has 0 fully saturated rings. The molecule has 1 atom stereocenters. The number of unbranched alkanes of at least 4 members (excludes halogenated alkanes) is 1. The van der Waals surface area contributed by atoms with Gasteiger partial charge in [0, 0.05) is 0 Å². The molecule has 0 saturated carbocycles. The Bertz CT molecular complexity index is 780. The van der Waals surface area contributed by atoms with Gasteiger partial charge in [-0.25, -0.2) is 10.0 Å². The van der Waals surface area contributed by atoms with E-state index in [1.807, 2.05) is 6.92 Å². The van der Waals surface area contributed by atoms with E-state index in [4.69, 9.17) is 5.26 Å². The number of hydroxylamine groups is 2. The van der Waals surface area contributed by atoms with Crippen molar-refractivity contribution in [1.29, 1.82) is 5.26 Å². The number of carbonyl (C=O) groups is 2. The van der Waals surface area contributed by atoms with Crippen molar-refractivity contribution in [3.8, 4) is 6.07 Å². The van der Waals surface area contributed by atoms with Gasteiger partial charge in [0.1, 0.15) is 5.82 Å². The second-order valence-corrected chi connectivity index (χ2v) is 5.81. The van der Waals surface area contributed by atoms with Gasteiger partial charge in [0.05, 0.1) is 41.7 Å². The van der Waals surface area contributed by atoms with E-state index in [9.17, 15) is 14.8 Å². The number of H-pyrrole nitrogens is 1. The molecule has 1 aromatic heterocycles. The maximum absolute atomic E-state index is 12.3. The second-order valence-electron chi connectivity index (χ2n) is 5.81. The third kappa shape index (κ3) is 5.02. The van der Waals surface area contributed by atoms with Gasteiger partial charge in [0.25, 0.3) is 0 Å². The van der Waals surface area contributed by atoms with E-state index in [1.54, 1.807) is 18.2 Å². The monoisotopic (exact) mass is 343 g/mol. The topological polar surface area (TPSA) is 122 Å². The third-order valence-corrected chi connectivity index (χ3v) is 3.90. The average molecular weight is 343 g/mol. The molecule has 2 aromatic rings. The van der Waals surface area contributed by atoms with Crippen LogP contribution in [0, 0.1) is 17.2 Å². The van der Waals surface area contributed by atoms with Gasteiger partial charge in [-0.3, -0.25) is 14.8 Å². The van der Waals surface area contributed by atoms with Crippen molar-refractivity contribution < 1.29 is 14.8 Å². The quantitative estimate of drug-likeness (QED) is 0.363. The van der Waals surface area contributed by atoms with Crippen molar-refractivity contribution in [3.05, 3.63) is 29.6 Å². The standard InChI is InChI=1S/C17H21N5O3/c1-2-3-4-13(10-22(25)11-23)17(24)19-9-16-20-14-6-5-12(8-18)7-15(14)21-16/h5-7,11,13,25H,2-4,9-10H2,1H3,(H,19,24)(H,20,21). The summed E-state index contributed by atoms with van der Waals surface area (Å²) in [6.45, 7) is 2.17. The summed E-state index contributed by atoms with van der Waals surface area (Å²) in [6, 6.07) is 7.19. The van der Waals surface area contributed by atoms with Crippen LogP contribution in [0.25, 0.3) is 11.0 Å². The van der Waals surface area contributed by atoms with Gasteiger partial charge in [0.2, 0.25) is 12.3 Å². The summed E-state index contributed by atoms with van der Waals surface area (Å²) in [6.07, 6.45) is 2.62. The molecule has 1 aromatic carbocycles. The SMILES string of the molecule is CCCCC(CN(O)C=O)C(=O)NCc1nc2ccc(C#N)cc2[nH]1. The largest absolute Gasteiger partial charge is 0.349 e. The highest BCUT2D eigenvalue weighted by Crippen LogP contribution is 2.14. The van der Waals surface area contributed by atoms with E-state index in [0.717, 1.165) is 18.4 Å². The van der Waals surface area contributed by atoms with Crippen molar-refractivity contribution in [1.82, 2.24) is 20.3 Å². The number of nitriles is 1. The molecule has 132 valence electrons. The number of fused-ring (bicyclic) bond motifs is 1. The molecule has 3 N–H and O–H groups in total. The number of hydrogen-bond donors (Lipinski definition) is 3. The summed E-state index contributed by atoms with van der Waals surface area (Å²) < 4.78 is 0. The summed E-state index contributed by atoms with van der Waals surface area (Å²) in [5.41, 5.74) is 1.98. The van der Waals surface area contributed by atoms with Gasteiger partial charge in [-0.1, -0.05) is 19.8 Å². The van der Waals surface area contributed by atoms with Crippen LogP contribution < -0.4 is 5.32 Å². The Hall–Kier alpha value is -2.92. The van der Waals surface area contributed by atoms with E-state index in [1.165, 1.54) is 0 Å². The van der Waals surface area contributed by atoms with E-state index in [2.05, 4.69) is 21.4 Å². The lowest BCUT2D eigenvalue weighted by Gasteiger charge is -2.19. The molecule has 0 aliphatic heterocycles. The summed E-state index contributed by atoms with van der Waals surface area (Å²) in [7, 11) is 0. The Morgan fingerprint density at radius 1 is 1.56 bits per heavy atom. The normalized spacial score (nSPS) is 11.7. The highest BCUT2D eigenvalue weighted by atomic mass is 16.5. The molecule has 0 spiro atoms. The van der Waals surface area contributed by atoms with Crippen LogP contribution in [0.15, 0.2) is 18.2 Å². The van der Waals surface area contributed by atoms with Crippen molar-refractivity contribution in [2.45, 2.75) is 32.7 Å². The lowest BCUT2D eigenvalue weighted by molar-refractivity contribution is -0.154. The minimum absolute atomic E-state index is 0.0407. The molecule has 0 radical (unpaired) electrons. The van der Waals surface area contributed by atoms with Crippen molar-refractivity contribution in [2.24, 2.45) is 5.92 Å². The zero-order valence-corrected chi connectivity index (χ0v) is 14.0. The maximum Gasteiger partial charge on any atom is 0.233 e. The molecule has 2 rings (SSSR count). The lowest BCUT2D eigenvalue weighted by Crippen LogP contribution is -2.37. The molecule has 0 aliphatic carbocycles. The first-order valence-electron chi connectivity index (χ1n) is 8.14. The molecule has 2 amide bonds. The zero-order chi connectivity index (χ0) is 18.2. The summed E-state index contributed by atoms with van der Waals surface area (Å²) in [5, 5.41) is 21.5. The molecule has 25 heavy (non-hydrogen) atoms. The fourth-order valence-corrected chi connectivity index (χ4v) is 2.56. The first-order chi connectivity index (χ1) is 12.1. The Balaban J connectivity index is 2.00. The summed E-state index contributed by atoms with van der Waals surface area (Å²) in [5.74, 6) is -0.152. The number of aromatic nitrogens is 2. The predicted octanol–water partition coefficient (Wildman–Crippen LogP) is 1.70. The molecular formula is C17H21N5O3. The Morgan fingerprint density at radius 3 is 3.04 bits per heavy atom. The second kappa shape index (κ2) is 8.80. The minimum atomic E-state index is -0.482. The first-order valence-corrected chi connectivity index (χ1v) is 8.14. The average Bonchev–Trinajstić information content (AvgIpc) is 3.04. The van der Waals surface area contributed by atoms with Gasteiger partial charge in [0.15, 0.2) is 0 Å². The molecule has 1 unspecified atom stereocenters. The van der Waals surface area contributed by atoms with Crippen LogP contribution in [-0.4, -0.2) is 39.1 Å². The zero-order valence-electron chi connectivity index (χ0n) is 14.0. The van der Waals surface area contributed by atoms with E-state index in [-0.39, 0.29) is 25.4 Å². The molecule has 8 nitrogen and oxygen atoms in total. The van der Waals surface area contributed by atoms with Crippen LogP contribution >= 0.6 is 0 Å². The summed E-state index contributed by atoms with van der Waals surface area (Å²) >= 11 is 0. The number of amides is 2. The van der Waals surface area contributed by atoms with Crippen molar-refractivity contribution in [3.63, 3.8) is 0 Å². The number of carbonyl (C=O) groups excluding carboxylic acids is 2. The molecule has 8 heteroatoms. The minimum Gasteiger partial charge on any atom is -0.349 e. The van der Waals surface area contributed by atoms with Gasteiger partial charge in [-0.05, 0) is 24.6 Å². The number of benzene rings is 1.